The summed E-state index contributed by atoms with van der Waals surface area (Å²) in [6.07, 6.45) is 1.32. The molecule has 0 N–H and O–H groups in total. The van der Waals surface area contributed by atoms with Gasteiger partial charge in [0, 0.05) is 10.4 Å². The molecule has 1 heterocycles. The third-order valence-corrected chi connectivity index (χ3v) is 2.21. The molecule has 0 spiro atoms. The zero-order valence-corrected chi connectivity index (χ0v) is 8.65. The van der Waals surface area contributed by atoms with Crippen LogP contribution in [0, 0.1) is 0 Å². The number of methoxy groups -OCH3 is 1. The normalized spacial score (nSPS) is 10.3. The number of nitrogens with zero attached hydrogens (tertiary/aromatic N) is 2. The average Bonchev–Trinajstić information content (AvgIpc) is 2.27. The van der Waals surface area contributed by atoms with Gasteiger partial charge in [0.05, 0.1) is 12.6 Å². The van der Waals surface area contributed by atoms with E-state index in [9.17, 15) is 4.79 Å². The fourth-order valence-electron chi connectivity index (χ4n) is 1.29. The zero-order chi connectivity index (χ0) is 10.8. The minimum Gasteiger partial charge on any atom is -0.464 e. The van der Waals surface area contributed by atoms with Gasteiger partial charge in [-0.05, 0) is 18.2 Å². The summed E-state index contributed by atoms with van der Waals surface area (Å²) in [6.45, 7) is 0. The molecule has 0 aliphatic carbocycles. The van der Waals surface area contributed by atoms with Crippen molar-refractivity contribution in [3.63, 3.8) is 0 Å². The molecule has 5 heteroatoms. The molecular formula is C10H7ClN2O2. The van der Waals surface area contributed by atoms with Crippen molar-refractivity contribution in [1.29, 1.82) is 0 Å². The zero-order valence-electron chi connectivity index (χ0n) is 7.90. The van der Waals surface area contributed by atoms with Crippen LogP contribution in [-0.2, 0) is 4.74 Å². The fourth-order valence-corrected chi connectivity index (χ4v) is 1.46. The van der Waals surface area contributed by atoms with Crippen LogP contribution in [0.25, 0.3) is 10.9 Å². The Morgan fingerprint density at radius 1 is 1.40 bits per heavy atom. The molecule has 1 aromatic heterocycles. The van der Waals surface area contributed by atoms with Gasteiger partial charge in [-0.1, -0.05) is 11.6 Å². The molecule has 1 aromatic carbocycles. The van der Waals surface area contributed by atoms with E-state index in [1.54, 1.807) is 18.2 Å². The van der Waals surface area contributed by atoms with Crippen molar-refractivity contribution in [3.05, 3.63) is 35.2 Å². The minimum absolute atomic E-state index is 0.227. The summed E-state index contributed by atoms with van der Waals surface area (Å²) >= 11 is 5.83. The summed E-state index contributed by atoms with van der Waals surface area (Å²) in [5, 5.41) is 1.12. The molecular weight excluding hydrogens is 216 g/mol. The predicted molar refractivity (Wildman–Crippen MR) is 55.9 cm³/mol. The number of aromatic nitrogens is 2. The van der Waals surface area contributed by atoms with Crippen molar-refractivity contribution in [3.8, 4) is 0 Å². The lowest BCUT2D eigenvalue weighted by Crippen LogP contribution is -2.05. The predicted octanol–water partition coefficient (Wildman–Crippen LogP) is 2.07. The Labute approximate surface area is 90.9 Å². The van der Waals surface area contributed by atoms with E-state index in [1.807, 2.05) is 0 Å². The van der Waals surface area contributed by atoms with E-state index in [1.165, 1.54) is 13.4 Å². The Morgan fingerprint density at radius 2 is 2.20 bits per heavy atom. The van der Waals surface area contributed by atoms with Gasteiger partial charge in [-0.3, -0.25) is 0 Å². The first-order valence-corrected chi connectivity index (χ1v) is 4.59. The molecule has 0 amide bonds. The Kier molecular flexibility index (Phi) is 2.51. The van der Waals surface area contributed by atoms with Crippen LogP contribution in [0.3, 0.4) is 0 Å². The van der Waals surface area contributed by atoms with Crippen LogP contribution in [0.4, 0.5) is 0 Å². The van der Waals surface area contributed by atoms with Crippen LogP contribution in [-0.4, -0.2) is 23.0 Å². The Balaban J connectivity index is 2.74. The second kappa shape index (κ2) is 3.82. The largest absolute Gasteiger partial charge is 0.464 e. The van der Waals surface area contributed by atoms with Gasteiger partial charge in [0.15, 0.2) is 5.69 Å². The first-order valence-electron chi connectivity index (χ1n) is 4.21. The number of halogens is 1. The molecule has 0 fully saturated rings. The fraction of sp³-hybridized carbons (Fsp3) is 0.100. The number of ether oxygens (including phenoxy) is 1. The standard InChI is InChI=1S/C10H7ClN2O2/c1-15-10(14)9-7-4-6(11)2-3-8(7)12-5-13-9/h2-5H,1H3. The number of carbonyl (C=O) groups is 1. The smallest absolute Gasteiger partial charge is 0.357 e. The lowest BCUT2D eigenvalue weighted by molar-refractivity contribution is 0.0596. The molecule has 0 atom stereocenters. The Hall–Kier alpha value is -1.68. The van der Waals surface area contributed by atoms with Gasteiger partial charge in [-0.25, -0.2) is 14.8 Å². The van der Waals surface area contributed by atoms with Crippen molar-refractivity contribution in [1.82, 2.24) is 9.97 Å². The molecule has 0 saturated heterocycles. The van der Waals surface area contributed by atoms with Crippen LogP contribution < -0.4 is 0 Å². The number of rotatable bonds is 1. The molecule has 2 rings (SSSR count). The topological polar surface area (TPSA) is 52.1 Å². The summed E-state index contributed by atoms with van der Waals surface area (Å²) in [6, 6.07) is 5.08. The molecule has 0 aliphatic rings. The number of hydrogen-bond acceptors (Lipinski definition) is 4. The second-order valence-corrected chi connectivity index (χ2v) is 3.31. The number of fused-ring (bicyclic) bond motifs is 1. The molecule has 0 saturated carbocycles. The maximum Gasteiger partial charge on any atom is 0.357 e. The molecule has 0 bridgehead atoms. The van der Waals surface area contributed by atoms with Crippen LogP contribution in [0.2, 0.25) is 5.02 Å². The van der Waals surface area contributed by atoms with Gasteiger partial charge in [-0.2, -0.15) is 0 Å². The number of hydrogen-bond donors (Lipinski definition) is 0. The van der Waals surface area contributed by atoms with Gasteiger partial charge in [-0.15, -0.1) is 0 Å². The highest BCUT2D eigenvalue weighted by molar-refractivity contribution is 6.31. The second-order valence-electron chi connectivity index (χ2n) is 2.88. The molecule has 0 radical (unpaired) electrons. The van der Waals surface area contributed by atoms with Crippen molar-refractivity contribution >= 4 is 28.5 Å². The first kappa shape index (κ1) is 9.86. The summed E-state index contributed by atoms with van der Waals surface area (Å²) in [5.74, 6) is -0.496. The van der Waals surface area contributed by atoms with Gasteiger partial charge in [0.1, 0.15) is 6.33 Å². The summed E-state index contributed by atoms with van der Waals surface area (Å²) in [5.41, 5.74) is 0.889. The van der Waals surface area contributed by atoms with Crippen LogP contribution in [0.1, 0.15) is 10.5 Å². The summed E-state index contributed by atoms with van der Waals surface area (Å²) < 4.78 is 4.61. The lowest BCUT2D eigenvalue weighted by atomic mass is 10.2. The first-order chi connectivity index (χ1) is 7.22. The van der Waals surface area contributed by atoms with E-state index in [0.717, 1.165) is 0 Å². The highest BCUT2D eigenvalue weighted by Gasteiger charge is 2.12. The van der Waals surface area contributed by atoms with Gasteiger partial charge in [0.25, 0.3) is 0 Å². The van der Waals surface area contributed by atoms with Crippen LogP contribution >= 0.6 is 11.6 Å². The lowest BCUT2D eigenvalue weighted by Gasteiger charge is -2.02. The van der Waals surface area contributed by atoms with Crippen molar-refractivity contribution in [2.75, 3.05) is 7.11 Å². The van der Waals surface area contributed by atoms with Crippen LogP contribution in [0.15, 0.2) is 24.5 Å². The number of benzene rings is 1. The number of carbonyl (C=O) groups excluding carboxylic acids is 1. The maximum absolute atomic E-state index is 11.4. The van der Waals surface area contributed by atoms with Crippen molar-refractivity contribution < 1.29 is 9.53 Å². The Bertz CT molecular complexity index is 528. The van der Waals surface area contributed by atoms with E-state index in [2.05, 4.69) is 14.7 Å². The molecule has 0 unspecified atom stereocenters. The molecule has 2 aromatic rings. The van der Waals surface area contributed by atoms with Gasteiger partial charge < -0.3 is 4.74 Å². The SMILES string of the molecule is COC(=O)c1ncnc2ccc(Cl)cc12. The highest BCUT2D eigenvalue weighted by Crippen LogP contribution is 2.19. The molecule has 0 aliphatic heterocycles. The van der Waals surface area contributed by atoms with Crippen LogP contribution in [0.5, 0.6) is 0 Å². The third kappa shape index (κ3) is 1.76. The van der Waals surface area contributed by atoms with E-state index in [-0.39, 0.29) is 5.69 Å². The quantitative estimate of drug-likeness (QED) is 0.693. The average molecular weight is 223 g/mol. The Morgan fingerprint density at radius 3 is 2.93 bits per heavy atom. The monoisotopic (exact) mass is 222 g/mol. The van der Waals surface area contributed by atoms with Gasteiger partial charge in [0.2, 0.25) is 0 Å². The van der Waals surface area contributed by atoms with Gasteiger partial charge >= 0.3 is 5.97 Å². The van der Waals surface area contributed by atoms with Crippen molar-refractivity contribution in [2.24, 2.45) is 0 Å². The summed E-state index contributed by atoms with van der Waals surface area (Å²) in [4.78, 5) is 19.3. The molecule has 15 heavy (non-hydrogen) atoms. The summed E-state index contributed by atoms with van der Waals surface area (Å²) in [7, 11) is 1.31. The van der Waals surface area contributed by atoms with Crippen molar-refractivity contribution in [2.45, 2.75) is 0 Å². The maximum atomic E-state index is 11.4. The van der Waals surface area contributed by atoms with E-state index in [0.29, 0.717) is 15.9 Å². The highest BCUT2D eigenvalue weighted by atomic mass is 35.5. The molecule has 76 valence electrons. The van der Waals surface area contributed by atoms with E-state index < -0.39 is 5.97 Å². The van der Waals surface area contributed by atoms with E-state index in [4.69, 9.17) is 11.6 Å². The molecule has 4 nitrogen and oxygen atoms in total. The third-order valence-electron chi connectivity index (χ3n) is 1.98. The van der Waals surface area contributed by atoms with E-state index >= 15 is 0 Å². The minimum atomic E-state index is -0.496. The number of esters is 1.